The molecule has 0 amide bonds. The van der Waals surface area contributed by atoms with Gasteiger partial charge in [-0.1, -0.05) is 49.6 Å². The molecule has 2 aromatic carbocycles. The SMILES string of the molecule is C=CCOc1cccc2cccc(OCC=C)c12. The number of benzene rings is 2. The molecule has 2 aromatic rings. The molecule has 0 radical (unpaired) electrons. The van der Waals surface area contributed by atoms with E-state index in [0.717, 1.165) is 22.3 Å². The third-order valence-corrected chi connectivity index (χ3v) is 2.54. The molecule has 0 aromatic heterocycles. The van der Waals surface area contributed by atoms with Crippen molar-refractivity contribution in [1.29, 1.82) is 0 Å². The minimum Gasteiger partial charge on any atom is -0.489 e. The highest BCUT2D eigenvalue weighted by molar-refractivity contribution is 5.93. The molecule has 18 heavy (non-hydrogen) atoms. The fourth-order valence-corrected chi connectivity index (χ4v) is 1.81. The molecule has 0 aliphatic carbocycles. The lowest BCUT2D eigenvalue weighted by Gasteiger charge is -2.12. The first-order valence-corrected chi connectivity index (χ1v) is 5.86. The lowest BCUT2D eigenvalue weighted by molar-refractivity contribution is 0.354. The second kappa shape index (κ2) is 5.92. The first-order chi connectivity index (χ1) is 8.86. The first kappa shape index (κ1) is 12.2. The number of rotatable bonds is 6. The van der Waals surface area contributed by atoms with Crippen LogP contribution in [0.1, 0.15) is 0 Å². The highest BCUT2D eigenvalue weighted by Gasteiger charge is 2.07. The van der Waals surface area contributed by atoms with Gasteiger partial charge in [0.15, 0.2) is 0 Å². The topological polar surface area (TPSA) is 18.5 Å². The zero-order valence-corrected chi connectivity index (χ0v) is 10.3. The molecule has 0 aliphatic heterocycles. The van der Waals surface area contributed by atoms with Crippen LogP contribution in [0.15, 0.2) is 61.7 Å². The van der Waals surface area contributed by atoms with Gasteiger partial charge in [0, 0.05) is 0 Å². The molecule has 0 atom stereocenters. The molecule has 0 N–H and O–H groups in total. The summed E-state index contributed by atoms with van der Waals surface area (Å²) in [6.45, 7) is 8.28. The summed E-state index contributed by atoms with van der Waals surface area (Å²) in [4.78, 5) is 0. The lowest BCUT2D eigenvalue weighted by atomic mass is 10.1. The van der Waals surface area contributed by atoms with Gasteiger partial charge in [-0.3, -0.25) is 0 Å². The predicted octanol–water partition coefficient (Wildman–Crippen LogP) is 3.97. The first-order valence-electron chi connectivity index (χ1n) is 5.86. The molecular weight excluding hydrogens is 224 g/mol. The standard InChI is InChI=1S/C16H16O2/c1-3-11-17-14-9-5-7-13-8-6-10-15(16(13)14)18-12-4-2/h3-10H,1-2,11-12H2. The Balaban J connectivity index is 2.48. The van der Waals surface area contributed by atoms with Crippen molar-refractivity contribution in [3.05, 3.63) is 61.7 Å². The molecular formula is C16H16O2. The quantitative estimate of drug-likeness (QED) is 0.711. The van der Waals surface area contributed by atoms with E-state index in [1.165, 1.54) is 0 Å². The van der Waals surface area contributed by atoms with Crippen LogP contribution in [-0.2, 0) is 0 Å². The molecule has 0 unspecified atom stereocenters. The second-order valence-electron chi connectivity index (χ2n) is 3.81. The van der Waals surface area contributed by atoms with E-state index in [1.807, 2.05) is 36.4 Å². The molecule has 2 rings (SSSR count). The summed E-state index contributed by atoms with van der Waals surface area (Å²) in [6, 6.07) is 11.9. The Morgan fingerprint density at radius 1 is 0.833 bits per heavy atom. The molecule has 0 heterocycles. The van der Waals surface area contributed by atoms with Crippen LogP contribution < -0.4 is 9.47 Å². The number of fused-ring (bicyclic) bond motifs is 1. The zero-order valence-electron chi connectivity index (χ0n) is 10.3. The number of ether oxygens (including phenoxy) is 2. The minimum atomic E-state index is 0.481. The summed E-state index contributed by atoms with van der Waals surface area (Å²) in [5.41, 5.74) is 0. The van der Waals surface area contributed by atoms with Crippen LogP contribution in [0, 0.1) is 0 Å². The van der Waals surface area contributed by atoms with Gasteiger partial charge in [-0.15, -0.1) is 0 Å². The van der Waals surface area contributed by atoms with Gasteiger partial charge >= 0.3 is 0 Å². The van der Waals surface area contributed by atoms with Crippen molar-refractivity contribution < 1.29 is 9.47 Å². The third-order valence-electron chi connectivity index (χ3n) is 2.54. The van der Waals surface area contributed by atoms with E-state index in [-0.39, 0.29) is 0 Å². The van der Waals surface area contributed by atoms with Gasteiger partial charge in [-0.05, 0) is 17.5 Å². The Morgan fingerprint density at radius 3 is 1.78 bits per heavy atom. The second-order valence-corrected chi connectivity index (χ2v) is 3.81. The van der Waals surface area contributed by atoms with Gasteiger partial charge in [-0.2, -0.15) is 0 Å². The summed E-state index contributed by atoms with van der Waals surface area (Å²) in [5, 5.41) is 2.09. The van der Waals surface area contributed by atoms with Crippen LogP contribution in [0.4, 0.5) is 0 Å². The molecule has 0 fully saturated rings. The monoisotopic (exact) mass is 240 g/mol. The van der Waals surface area contributed by atoms with E-state index in [2.05, 4.69) is 13.2 Å². The van der Waals surface area contributed by atoms with Crippen LogP contribution in [0.5, 0.6) is 11.5 Å². The fourth-order valence-electron chi connectivity index (χ4n) is 1.81. The van der Waals surface area contributed by atoms with Crippen molar-refractivity contribution in [3.8, 4) is 11.5 Å². The van der Waals surface area contributed by atoms with Crippen molar-refractivity contribution in [3.63, 3.8) is 0 Å². The van der Waals surface area contributed by atoms with Gasteiger partial charge in [0.05, 0.1) is 5.39 Å². The number of hydrogen-bond acceptors (Lipinski definition) is 2. The smallest absolute Gasteiger partial charge is 0.131 e. The summed E-state index contributed by atoms with van der Waals surface area (Å²) in [6.07, 6.45) is 3.46. The highest BCUT2D eigenvalue weighted by Crippen LogP contribution is 2.34. The van der Waals surface area contributed by atoms with Gasteiger partial charge in [-0.25, -0.2) is 0 Å². The molecule has 0 aliphatic rings. The van der Waals surface area contributed by atoms with Crippen LogP contribution in [0.2, 0.25) is 0 Å². The van der Waals surface area contributed by atoms with E-state index in [9.17, 15) is 0 Å². The maximum atomic E-state index is 5.67. The lowest BCUT2D eigenvalue weighted by Crippen LogP contribution is -1.97. The van der Waals surface area contributed by atoms with Crippen molar-refractivity contribution in [2.45, 2.75) is 0 Å². The van der Waals surface area contributed by atoms with Crippen molar-refractivity contribution in [2.24, 2.45) is 0 Å². The van der Waals surface area contributed by atoms with Gasteiger partial charge in [0.25, 0.3) is 0 Å². The molecule has 2 nitrogen and oxygen atoms in total. The predicted molar refractivity (Wildman–Crippen MR) is 75.3 cm³/mol. The molecule has 0 spiro atoms. The molecule has 2 heteroatoms. The van der Waals surface area contributed by atoms with Crippen molar-refractivity contribution in [2.75, 3.05) is 13.2 Å². The van der Waals surface area contributed by atoms with E-state index < -0.39 is 0 Å². The summed E-state index contributed by atoms with van der Waals surface area (Å²) in [5.74, 6) is 1.62. The van der Waals surface area contributed by atoms with E-state index in [4.69, 9.17) is 9.47 Å². The van der Waals surface area contributed by atoms with Crippen LogP contribution in [-0.4, -0.2) is 13.2 Å². The van der Waals surface area contributed by atoms with Crippen LogP contribution in [0.25, 0.3) is 10.8 Å². The zero-order chi connectivity index (χ0) is 12.8. The van der Waals surface area contributed by atoms with E-state index in [1.54, 1.807) is 12.2 Å². The van der Waals surface area contributed by atoms with Crippen LogP contribution >= 0.6 is 0 Å². The van der Waals surface area contributed by atoms with Crippen LogP contribution in [0.3, 0.4) is 0 Å². The summed E-state index contributed by atoms with van der Waals surface area (Å²) in [7, 11) is 0. The Labute approximate surface area is 107 Å². The minimum absolute atomic E-state index is 0.481. The largest absolute Gasteiger partial charge is 0.489 e. The van der Waals surface area contributed by atoms with E-state index >= 15 is 0 Å². The Hall–Kier alpha value is -2.22. The highest BCUT2D eigenvalue weighted by atomic mass is 16.5. The average molecular weight is 240 g/mol. The molecule has 92 valence electrons. The molecule has 0 saturated heterocycles. The van der Waals surface area contributed by atoms with Crippen molar-refractivity contribution >= 4 is 10.8 Å². The molecule has 0 bridgehead atoms. The van der Waals surface area contributed by atoms with Gasteiger partial charge in [0.1, 0.15) is 24.7 Å². The molecule has 0 saturated carbocycles. The maximum Gasteiger partial charge on any atom is 0.131 e. The van der Waals surface area contributed by atoms with Crippen molar-refractivity contribution in [1.82, 2.24) is 0 Å². The third kappa shape index (κ3) is 2.54. The Morgan fingerprint density at radius 2 is 1.33 bits per heavy atom. The maximum absolute atomic E-state index is 5.67. The Bertz CT molecular complexity index is 511. The normalized spacial score (nSPS) is 10.0. The fraction of sp³-hybridized carbons (Fsp3) is 0.125. The van der Waals surface area contributed by atoms with Gasteiger partial charge in [0.2, 0.25) is 0 Å². The number of hydrogen-bond donors (Lipinski definition) is 0. The summed E-state index contributed by atoms with van der Waals surface area (Å²) < 4.78 is 11.3. The van der Waals surface area contributed by atoms with E-state index in [0.29, 0.717) is 13.2 Å². The Kier molecular flexibility index (Phi) is 4.02. The van der Waals surface area contributed by atoms with Gasteiger partial charge < -0.3 is 9.47 Å². The summed E-state index contributed by atoms with van der Waals surface area (Å²) >= 11 is 0. The average Bonchev–Trinajstić information content (AvgIpc) is 2.42.